The molecule has 1 atom stereocenters. The second-order valence-corrected chi connectivity index (χ2v) is 14.2. The van der Waals surface area contributed by atoms with Gasteiger partial charge in [0.05, 0.1) is 5.69 Å². The fraction of sp³-hybridized carbons (Fsp3) is 0.0213. The van der Waals surface area contributed by atoms with Crippen molar-refractivity contribution in [3.05, 3.63) is 188 Å². The second kappa shape index (κ2) is 11.8. The third-order valence-electron chi connectivity index (χ3n) is 10.0. The van der Waals surface area contributed by atoms with E-state index < -0.39 is 0 Å². The summed E-state index contributed by atoms with van der Waals surface area (Å²) in [6.45, 7) is 0. The summed E-state index contributed by atoms with van der Waals surface area (Å²) in [4.78, 5) is 3.67. The molecule has 50 heavy (non-hydrogen) atoms. The van der Waals surface area contributed by atoms with Crippen molar-refractivity contribution in [1.29, 1.82) is 0 Å². The van der Waals surface area contributed by atoms with E-state index in [2.05, 4.69) is 192 Å². The van der Waals surface area contributed by atoms with Crippen molar-refractivity contribution in [3.8, 4) is 11.1 Å². The second-order valence-electron chi connectivity index (χ2n) is 13.0. The van der Waals surface area contributed by atoms with Crippen LogP contribution in [0.1, 0.15) is 10.9 Å². The molecule has 1 N–H and O–H groups in total. The monoisotopic (exact) mass is 656 g/mol. The summed E-state index contributed by atoms with van der Waals surface area (Å²) in [5.41, 5.74) is 8.33. The summed E-state index contributed by atoms with van der Waals surface area (Å²) < 4.78 is 0. The summed E-state index contributed by atoms with van der Waals surface area (Å²) in [5.74, 6) is 0. The van der Waals surface area contributed by atoms with Crippen LogP contribution in [0.4, 0.5) is 22.7 Å². The molecule has 0 saturated heterocycles. The Morgan fingerprint density at radius 3 is 1.66 bits per heavy atom. The zero-order valence-corrected chi connectivity index (χ0v) is 28.1. The Kier molecular flexibility index (Phi) is 6.85. The van der Waals surface area contributed by atoms with Crippen LogP contribution < -0.4 is 10.2 Å². The average Bonchev–Trinajstić information content (AvgIpc) is 3.63. The van der Waals surface area contributed by atoms with Gasteiger partial charge in [0.2, 0.25) is 0 Å². The van der Waals surface area contributed by atoms with Crippen molar-refractivity contribution in [1.82, 2.24) is 0 Å². The third kappa shape index (κ3) is 4.98. The molecule has 3 heteroatoms. The highest BCUT2D eigenvalue weighted by atomic mass is 32.2. The van der Waals surface area contributed by atoms with Gasteiger partial charge in [0.1, 0.15) is 5.37 Å². The van der Waals surface area contributed by atoms with Crippen LogP contribution in [-0.2, 0) is 0 Å². The fourth-order valence-electron chi connectivity index (χ4n) is 7.50. The van der Waals surface area contributed by atoms with Crippen molar-refractivity contribution in [2.45, 2.75) is 10.3 Å². The zero-order valence-electron chi connectivity index (χ0n) is 27.3. The minimum atomic E-state index is 0.205. The SMILES string of the molecule is c1ccc(C2Nc3c(ccc4ccc5ccc(-c6ccc(N(c7ccc8ccccc8c7)c7ccc8ccccc8c7)cc6)cc5c34)S2)cc1. The van der Waals surface area contributed by atoms with Gasteiger partial charge < -0.3 is 10.2 Å². The highest BCUT2D eigenvalue weighted by Gasteiger charge is 2.25. The van der Waals surface area contributed by atoms with E-state index in [1.165, 1.54) is 70.4 Å². The molecule has 1 aliphatic heterocycles. The molecule has 1 aliphatic rings. The van der Waals surface area contributed by atoms with Crippen LogP contribution in [0.2, 0.25) is 0 Å². The number of nitrogens with zero attached hydrogens (tertiary/aromatic N) is 1. The van der Waals surface area contributed by atoms with Crippen molar-refractivity contribution < 1.29 is 0 Å². The molecule has 236 valence electrons. The quantitative estimate of drug-likeness (QED) is 0.186. The van der Waals surface area contributed by atoms with Crippen LogP contribution >= 0.6 is 11.8 Å². The molecule has 0 saturated carbocycles. The van der Waals surface area contributed by atoms with Crippen LogP contribution in [0.25, 0.3) is 54.2 Å². The van der Waals surface area contributed by atoms with Gasteiger partial charge in [-0.05, 0) is 103 Å². The van der Waals surface area contributed by atoms with Gasteiger partial charge in [0, 0.05) is 27.3 Å². The van der Waals surface area contributed by atoms with Gasteiger partial charge >= 0.3 is 0 Å². The minimum absolute atomic E-state index is 0.205. The smallest absolute Gasteiger partial charge is 0.103 e. The predicted octanol–water partition coefficient (Wildman–Crippen LogP) is 13.7. The Morgan fingerprint density at radius 2 is 0.960 bits per heavy atom. The molecule has 0 bridgehead atoms. The first-order valence-electron chi connectivity index (χ1n) is 17.1. The molecule has 0 spiro atoms. The van der Waals surface area contributed by atoms with Crippen LogP contribution in [-0.4, -0.2) is 0 Å². The average molecular weight is 657 g/mol. The van der Waals surface area contributed by atoms with E-state index in [1.807, 2.05) is 11.8 Å². The molecular weight excluding hydrogens is 625 g/mol. The molecule has 1 unspecified atom stereocenters. The van der Waals surface area contributed by atoms with Crippen molar-refractivity contribution >= 4 is 77.6 Å². The number of rotatable bonds is 5. The van der Waals surface area contributed by atoms with Crippen molar-refractivity contribution in [3.63, 3.8) is 0 Å². The van der Waals surface area contributed by atoms with E-state index in [0.717, 1.165) is 17.1 Å². The van der Waals surface area contributed by atoms with E-state index >= 15 is 0 Å². The topological polar surface area (TPSA) is 15.3 Å². The van der Waals surface area contributed by atoms with Crippen LogP contribution in [0.15, 0.2) is 187 Å². The van der Waals surface area contributed by atoms with Crippen LogP contribution in [0.3, 0.4) is 0 Å². The Bertz CT molecular complexity index is 2640. The summed E-state index contributed by atoms with van der Waals surface area (Å²) in [5, 5.41) is 14.1. The Hall–Kier alpha value is -6.03. The number of hydrogen-bond acceptors (Lipinski definition) is 3. The lowest BCUT2D eigenvalue weighted by atomic mass is 9.96. The molecule has 2 nitrogen and oxygen atoms in total. The van der Waals surface area contributed by atoms with Gasteiger partial charge in [-0.15, -0.1) is 0 Å². The van der Waals surface area contributed by atoms with Crippen molar-refractivity contribution in [2.75, 3.05) is 10.2 Å². The maximum absolute atomic E-state index is 3.88. The van der Waals surface area contributed by atoms with Gasteiger partial charge in [-0.3, -0.25) is 0 Å². The van der Waals surface area contributed by atoms with Crippen LogP contribution in [0.5, 0.6) is 0 Å². The molecule has 10 rings (SSSR count). The number of benzene rings is 9. The first-order chi connectivity index (χ1) is 24.7. The van der Waals surface area contributed by atoms with Crippen molar-refractivity contribution in [2.24, 2.45) is 0 Å². The fourth-order valence-corrected chi connectivity index (χ4v) is 8.65. The van der Waals surface area contributed by atoms with Crippen LogP contribution in [0, 0.1) is 0 Å². The summed E-state index contributed by atoms with van der Waals surface area (Å²) >= 11 is 1.90. The number of thioether (sulfide) groups is 1. The molecule has 1 heterocycles. The van der Waals surface area contributed by atoms with Gasteiger partial charge in [-0.2, -0.15) is 0 Å². The zero-order chi connectivity index (χ0) is 33.0. The highest BCUT2D eigenvalue weighted by Crippen LogP contribution is 2.51. The molecule has 0 aromatic heterocycles. The molecule has 0 fully saturated rings. The highest BCUT2D eigenvalue weighted by molar-refractivity contribution is 8.00. The lowest BCUT2D eigenvalue weighted by Gasteiger charge is -2.26. The summed E-state index contributed by atoms with van der Waals surface area (Å²) in [6, 6.07) is 66.3. The Labute approximate surface area is 295 Å². The van der Waals surface area contributed by atoms with Gasteiger partial charge in [-0.25, -0.2) is 0 Å². The number of fused-ring (bicyclic) bond motifs is 7. The summed E-state index contributed by atoms with van der Waals surface area (Å²) in [6.07, 6.45) is 0. The lowest BCUT2D eigenvalue weighted by Crippen LogP contribution is -2.09. The molecule has 0 aliphatic carbocycles. The molecule has 0 radical (unpaired) electrons. The van der Waals surface area contributed by atoms with E-state index in [9.17, 15) is 0 Å². The van der Waals surface area contributed by atoms with E-state index in [4.69, 9.17) is 0 Å². The number of hydrogen-bond donors (Lipinski definition) is 1. The lowest BCUT2D eigenvalue weighted by molar-refractivity contribution is 1.14. The minimum Gasteiger partial charge on any atom is -0.368 e. The standard InChI is InChI=1S/C47H32N2S/c1-2-10-36(11-3-1)47-48-46-44(50-47)27-22-35-16-14-34-15-17-39(30-43(34)45(35)46)33-18-23-40(24-19-33)49(41-25-20-31-8-4-6-12-37(31)28-41)42-26-21-32-9-5-7-13-38(32)29-42/h1-30,47-48H. The van der Waals surface area contributed by atoms with Gasteiger partial charge in [0.15, 0.2) is 0 Å². The number of nitrogens with one attached hydrogen (secondary N) is 1. The predicted molar refractivity (Wildman–Crippen MR) is 215 cm³/mol. The maximum Gasteiger partial charge on any atom is 0.103 e. The first-order valence-corrected chi connectivity index (χ1v) is 18.0. The first kappa shape index (κ1) is 28.9. The maximum atomic E-state index is 3.88. The summed E-state index contributed by atoms with van der Waals surface area (Å²) in [7, 11) is 0. The third-order valence-corrected chi connectivity index (χ3v) is 11.2. The van der Waals surface area contributed by atoms with E-state index in [1.54, 1.807) is 0 Å². The molecule has 9 aromatic carbocycles. The number of anilines is 4. The molecule has 0 amide bonds. The molecular formula is C47H32N2S. The van der Waals surface area contributed by atoms with Gasteiger partial charge in [0.25, 0.3) is 0 Å². The largest absolute Gasteiger partial charge is 0.368 e. The van der Waals surface area contributed by atoms with E-state index in [0.29, 0.717) is 0 Å². The molecule has 9 aromatic rings. The van der Waals surface area contributed by atoms with Gasteiger partial charge in [-0.1, -0.05) is 145 Å². The van der Waals surface area contributed by atoms with E-state index in [-0.39, 0.29) is 5.37 Å². The Morgan fingerprint density at radius 1 is 0.420 bits per heavy atom. The Balaban J connectivity index is 1.06. The normalized spacial score (nSPS) is 13.9.